The molecule has 2 N–H and O–H groups in total. The smallest absolute Gasteiger partial charge is 0.270 e. The van der Waals surface area contributed by atoms with Crippen molar-refractivity contribution in [2.24, 2.45) is 0 Å². The first-order valence-corrected chi connectivity index (χ1v) is 20.7. The second-order valence-corrected chi connectivity index (χ2v) is 16.4. The number of nitro groups is 2. The van der Waals surface area contributed by atoms with Crippen LogP contribution in [0.3, 0.4) is 0 Å². The third-order valence-electron chi connectivity index (χ3n) is 11.4. The second-order valence-electron chi connectivity index (χ2n) is 16.4. The normalized spacial score (nSPS) is 15.4. The lowest BCUT2D eigenvalue weighted by Gasteiger charge is -2.36. The molecule has 0 aliphatic carbocycles. The number of rotatable bonds is 14. The van der Waals surface area contributed by atoms with Crippen molar-refractivity contribution < 1.29 is 33.0 Å². The summed E-state index contributed by atoms with van der Waals surface area (Å²) in [7, 11) is 0. The van der Waals surface area contributed by atoms with Gasteiger partial charge in [-0.2, -0.15) is 0 Å². The van der Waals surface area contributed by atoms with Crippen molar-refractivity contribution in [1.82, 2.24) is 9.80 Å². The SMILES string of the molecule is CC(C)Nc1ccc([N+](=O)[O-])cc1C(=O)N1CCN(c2ccc(C(C)C(=O)C(C)c3ccc(N4CCN(C(=O)c5cc([N+](=O)[O-])ccc5NC(C)C)CC4)c(F)c3)cc2F)CC1. The van der Waals surface area contributed by atoms with Gasteiger partial charge in [-0.25, -0.2) is 8.78 Å². The van der Waals surface area contributed by atoms with E-state index in [0.29, 0.717) is 60.1 Å². The first-order chi connectivity index (χ1) is 29.4. The Morgan fingerprint density at radius 2 is 0.903 bits per heavy atom. The van der Waals surface area contributed by atoms with Gasteiger partial charge in [0, 0.05) is 112 Å². The Bertz CT molecular complexity index is 2200. The molecule has 2 fully saturated rings. The van der Waals surface area contributed by atoms with Crippen molar-refractivity contribution in [3.8, 4) is 0 Å². The maximum absolute atomic E-state index is 15.7. The van der Waals surface area contributed by atoms with Crippen LogP contribution in [-0.2, 0) is 4.79 Å². The van der Waals surface area contributed by atoms with E-state index in [2.05, 4.69) is 10.6 Å². The summed E-state index contributed by atoms with van der Waals surface area (Å²) in [5.74, 6) is -3.39. The molecule has 0 radical (unpaired) electrons. The fraction of sp³-hybridized carbons (Fsp3) is 0.400. The predicted octanol–water partition coefficient (Wildman–Crippen LogP) is 7.82. The van der Waals surface area contributed by atoms with Crippen LogP contribution >= 0.6 is 0 Å². The average molecular weight is 855 g/mol. The van der Waals surface area contributed by atoms with Gasteiger partial charge in [0.05, 0.1) is 32.3 Å². The van der Waals surface area contributed by atoms with Gasteiger partial charge in [-0.15, -0.1) is 0 Å². The minimum absolute atomic E-state index is 0.0107. The maximum Gasteiger partial charge on any atom is 0.270 e. The average Bonchev–Trinajstić information content (AvgIpc) is 3.25. The van der Waals surface area contributed by atoms with Crippen molar-refractivity contribution in [3.05, 3.63) is 127 Å². The minimum atomic E-state index is -0.706. The zero-order chi connectivity index (χ0) is 45.0. The first kappa shape index (κ1) is 44.9. The monoisotopic (exact) mass is 854 g/mol. The Morgan fingerprint density at radius 1 is 0.548 bits per heavy atom. The summed E-state index contributed by atoms with van der Waals surface area (Å²) in [6.45, 7) is 13.3. The molecule has 0 aromatic heterocycles. The van der Waals surface area contributed by atoms with Crippen LogP contribution in [-0.4, -0.2) is 102 Å². The number of hydrogen-bond acceptors (Lipinski definition) is 11. The number of anilines is 4. The number of halogens is 2. The highest BCUT2D eigenvalue weighted by atomic mass is 19.1. The van der Waals surface area contributed by atoms with Crippen molar-refractivity contribution >= 4 is 51.7 Å². The molecule has 2 amide bonds. The Hall–Kier alpha value is -6.65. The van der Waals surface area contributed by atoms with Gasteiger partial charge in [0.2, 0.25) is 0 Å². The van der Waals surface area contributed by atoms with E-state index in [0.717, 1.165) is 0 Å². The van der Waals surface area contributed by atoms with E-state index in [1.54, 1.807) is 47.9 Å². The van der Waals surface area contributed by atoms with Gasteiger partial charge in [0.1, 0.15) is 17.4 Å². The number of benzene rings is 4. The number of ketones is 1. The molecule has 6 rings (SSSR count). The lowest BCUT2D eigenvalue weighted by Crippen LogP contribution is -2.49. The fourth-order valence-corrected chi connectivity index (χ4v) is 7.96. The summed E-state index contributed by atoms with van der Waals surface area (Å²) in [6.07, 6.45) is 0. The van der Waals surface area contributed by atoms with E-state index in [-0.39, 0.29) is 78.4 Å². The number of carbonyl (C=O) groups is 3. The summed E-state index contributed by atoms with van der Waals surface area (Å²) in [5, 5.41) is 29.3. The van der Waals surface area contributed by atoms with E-state index in [1.165, 1.54) is 48.5 Å². The molecule has 0 spiro atoms. The Kier molecular flexibility index (Phi) is 13.7. The summed E-state index contributed by atoms with van der Waals surface area (Å²) in [6, 6.07) is 17.6. The zero-order valence-electron chi connectivity index (χ0n) is 35.7. The highest BCUT2D eigenvalue weighted by Crippen LogP contribution is 2.33. The zero-order valence-corrected chi connectivity index (χ0v) is 35.7. The molecule has 15 nitrogen and oxygen atoms in total. The predicted molar refractivity (Wildman–Crippen MR) is 235 cm³/mol. The molecular formula is C45H52F2N8O7. The molecule has 2 saturated heterocycles. The minimum Gasteiger partial charge on any atom is -0.382 e. The number of nitro benzene ring substituents is 2. The van der Waals surface area contributed by atoms with Gasteiger partial charge in [0.15, 0.2) is 0 Å². The maximum atomic E-state index is 15.7. The first-order valence-electron chi connectivity index (χ1n) is 20.7. The number of nitrogens with zero attached hydrogens (tertiary/aromatic N) is 6. The number of nitrogens with one attached hydrogen (secondary N) is 2. The highest BCUT2D eigenvalue weighted by molar-refractivity contribution is 6.01. The summed E-state index contributed by atoms with van der Waals surface area (Å²) in [4.78, 5) is 69.5. The van der Waals surface area contributed by atoms with E-state index in [4.69, 9.17) is 0 Å². The molecule has 4 aromatic carbocycles. The molecule has 2 aliphatic rings. The molecular weight excluding hydrogens is 803 g/mol. The van der Waals surface area contributed by atoms with Crippen LogP contribution in [0.4, 0.5) is 42.9 Å². The van der Waals surface area contributed by atoms with Crippen LogP contribution in [0.25, 0.3) is 0 Å². The van der Waals surface area contributed by atoms with Crippen LogP contribution in [0.15, 0.2) is 72.8 Å². The molecule has 328 valence electrons. The summed E-state index contributed by atoms with van der Waals surface area (Å²) >= 11 is 0. The third-order valence-corrected chi connectivity index (χ3v) is 11.4. The summed E-state index contributed by atoms with van der Waals surface area (Å²) in [5.41, 5.74) is 2.60. The lowest BCUT2D eigenvalue weighted by atomic mass is 9.85. The van der Waals surface area contributed by atoms with Gasteiger partial charge >= 0.3 is 0 Å². The number of piperazine rings is 2. The molecule has 0 bridgehead atoms. The Balaban J connectivity index is 1.05. The Labute approximate surface area is 359 Å². The van der Waals surface area contributed by atoms with E-state index >= 15 is 8.78 Å². The highest BCUT2D eigenvalue weighted by Gasteiger charge is 2.31. The number of non-ortho nitro benzene ring substituents is 2. The van der Waals surface area contributed by atoms with E-state index in [1.807, 2.05) is 37.5 Å². The van der Waals surface area contributed by atoms with Gasteiger partial charge in [-0.1, -0.05) is 26.0 Å². The van der Waals surface area contributed by atoms with Crippen molar-refractivity contribution in [2.45, 2.75) is 65.5 Å². The lowest BCUT2D eigenvalue weighted by molar-refractivity contribution is -0.385. The Morgan fingerprint density at radius 3 is 1.21 bits per heavy atom. The van der Waals surface area contributed by atoms with Crippen molar-refractivity contribution in [2.75, 3.05) is 72.8 Å². The van der Waals surface area contributed by atoms with Gasteiger partial charge in [-0.3, -0.25) is 34.6 Å². The number of hydrogen-bond donors (Lipinski definition) is 2. The number of amides is 2. The largest absolute Gasteiger partial charge is 0.382 e. The fourth-order valence-electron chi connectivity index (χ4n) is 7.96. The van der Waals surface area contributed by atoms with Crippen molar-refractivity contribution in [3.63, 3.8) is 0 Å². The summed E-state index contributed by atoms with van der Waals surface area (Å²) < 4.78 is 31.5. The number of Topliss-reactive ketones (excluding diaryl/α,β-unsaturated/α-hetero) is 1. The number of carbonyl (C=O) groups excluding carboxylic acids is 3. The quantitative estimate of drug-likeness (QED) is 0.0935. The molecule has 2 unspecified atom stereocenters. The van der Waals surface area contributed by atoms with Crippen LogP contribution in [0.2, 0.25) is 0 Å². The van der Waals surface area contributed by atoms with Gasteiger partial charge < -0.3 is 30.2 Å². The molecule has 2 atom stereocenters. The van der Waals surface area contributed by atoms with Gasteiger partial charge in [-0.05, 0) is 75.2 Å². The van der Waals surface area contributed by atoms with Crippen LogP contribution in [0.1, 0.15) is 85.2 Å². The molecule has 2 heterocycles. The third kappa shape index (κ3) is 9.93. The second kappa shape index (κ2) is 19.0. The van der Waals surface area contributed by atoms with Crippen LogP contribution in [0.5, 0.6) is 0 Å². The van der Waals surface area contributed by atoms with Gasteiger partial charge in [0.25, 0.3) is 23.2 Å². The van der Waals surface area contributed by atoms with Crippen LogP contribution in [0, 0.1) is 31.9 Å². The van der Waals surface area contributed by atoms with Crippen LogP contribution < -0.4 is 20.4 Å². The molecule has 0 saturated carbocycles. The van der Waals surface area contributed by atoms with Crippen molar-refractivity contribution in [1.29, 1.82) is 0 Å². The molecule has 17 heteroatoms. The van der Waals surface area contributed by atoms with E-state index < -0.39 is 33.3 Å². The standard InChI is InChI=1S/C45H52F2N8O7/c1-27(2)48-39-11-9-33(54(59)60)25-35(39)44(57)52-19-15-50(16-20-52)41-13-7-31(23-37(41)46)29(5)43(56)30(6)32-8-14-42(38(47)24-32)51-17-21-53(22-18-51)45(58)36-26-34(55(61)62)10-12-40(36)49-28(3)4/h7-14,23-30,48-49H,15-22H2,1-6H3. The molecule has 2 aliphatic heterocycles. The topological polar surface area (TPSA) is 175 Å². The molecule has 62 heavy (non-hydrogen) atoms. The molecule has 4 aromatic rings. The van der Waals surface area contributed by atoms with E-state index in [9.17, 15) is 34.6 Å².